The lowest BCUT2D eigenvalue weighted by Crippen LogP contribution is -2.37. The molecule has 4 rings (SSSR count). The number of hydrogen-bond acceptors (Lipinski definition) is 6. The zero-order valence-corrected chi connectivity index (χ0v) is 23.2. The third-order valence-corrected chi connectivity index (χ3v) is 8.15. The maximum atomic E-state index is 14.3. The van der Waals surface area contributed by atoms with Crippen molar-refractivity contribution in [1.82, 2.24) is 10.3 Å². The Morgan fingerprint density at radius 2 is 2.00 bits per heavy atom. The highest BCUT2D eigenvalue weighted by Crippen LogP contribution is 2.42. The van der Waals surface area contributed by atoms with E-state index < -0.39 is 11.7 Å². The van der Waals surface area contributed by atoms with Gasteiger partial charge in [0.2, 0.25) is 5.91 Å². The summed E-state index contributed by atoms with van der Waals surface area (Å²) < 4.78 is 19.8. The van der Waals surface area contributed by atoms with Gasteiger partial charge in [-0.2, -0.15) is 0 Å². The Bertz CT molecular complexity index is 1360. The Kier molecular flexibility index (Phi) is 8.95. The molecule has 2 heterocycles. The number of amides is 1. The molecule has 0 bridgehead atoms. The molecular formula is C31H38FN3O4. The summed E-state index contributed by atoms with van der Waals surface area (Å²) in [6.07, 6.45) is 6.42. The summed E-state index contributed by atoms with van der Waals surface area (Å²) in [5, 5.41) is 3.64. The van der Waals surface area contributed by atoms with E-state index in [1.54, 1.807) is 6.07 Å². The van der Waals surface area contributed by atoms with Crippen LogP contribution >= 0.6 is 0 Å². The van der Waals surface area contributed by atoms with E-state index in [0.717, 1.165) is 47.8 Å². The molecule has 1 aromatic carbocycles. The molecule has 7 nitrogen and oxygen atoms in total. The summed E-state index contributed by atoms with van der Waals surface area (Å²) in [6.45, 7) is 7.74. The summed E-state index contributed by atoms with van der Waals surface area (Å²) in [6, 6.07) is 4.49. The van der Waals surface area contributed by atoms with Crippen LogP contribution in [-0.4, -0.2) is 35.8 Å². The van der Waals surface area contributed by atoms with Crippen LogP contribution in [-0.2, 0) is 32.1 Å². The highest BCUT2D eigenvalue weighted by Gasteiger charge is 2.40. The van der Waals surface area contributed by atoms with Gasteiger partial charge in [0.15, 0.2) is 5.78 Å². The van der Waals surface area contributed by atoms with Crippen molar-refractivity contribution in [3.05, 3.63) is 58.1 Å². The second-order valence-corrected chi connectivity index (χ2v) is 10.9. The van der Waals surface area contributed by atoms with Gasteiger partial charge >= 0.3 is 5.97 Å². The number of Topliss-reactive ketones (excluding diaryl/α,β-unsaturated/α-hetero) is 1. The first-order valence-electron chi connectivity index (χ1n) is 13.8. The second kappa shape index (κ2) is 12.2. The number of pyridine rings is 1. The van der Waals surface area contributed by atoms with E-state index in [4.69, 9.17) is 15.5 Å². The molecule has 3 N–H and O–H groups in total. The number of nitrogens with one attached hydrogen (secondary N) is 1. The molecule has 1 amide bonds. The summed E-state index contributed by atoms with van der Waals surface area (Å²) in [5.41, 5.74) is 10.5. The number of esters is 1. The van der Waals surface area contributed by atoms with Gasteiger partial charge in [0.25, 0.3) is 0 Å². The Hall–Kier alpha value is -3.39. The number of allylic oxidation sites excluding steroid dienone is 2. The van der Waals surface area contributed by atoms with Crippen LogP contribution in [0.2, 0.25) is 0 Å². The van der Waals surface area contributed by atoms with Crippen LogP contribution in [0.15, 0.2) is 35.4 Å². The summed E-state index contributed by atoms with van der Waals surface area (Å²) in [7, 11) is 0. The van der Waals surface area contributed by atoms with Crippen LogP contribution in [0.4, 0.5) is 4.39 Å². The molecule has 8 heteroatoms. The molecule has 0 spiro atoms. The SMILES string of the molecule is CCC(C)Cc1c(/C(C)=C/C2=C(C(C)=O)COC(=O)C2C2CCC2)nc2cc(F)ccc2c1CNC(=O)CN. The largest absolute Gasteiger partial charge is 0.460 e. The lowest BCUT2D eigenvalue weighted by atomic mass is 9.70. The molecule has 1 fully saturated rings. The van der Waals surface area contributed by atoms with Crippen molar-refractivity contribution in [3.8, 4) is 0 Å². The topological polar surface area (TPSA) is 111 Å². The van der Waals surface area contributed by atoms with Gasteiger partial charge in [-0.15, -0.1) is 0 Å². The van der Waals surface area contributed by atoms with Crippen molar-refractivity contribution < 1.29 is 23.5 Å². The Balaban J connectivity index is 1.94. The molecule has 1 aromatic heterocycles. The molecule has 39 heavy (non-hydrogen) atoms. The lowest BCUT2D eigenvalue weighted by Gasteiger charge is -2.36. The summed E-state index contributed by atoms with van der Waals surface area (Å²) >= 11 is 0. The number of benzene rings is 1. The van der Waals surface area contributed by atoms with Crippen molar-refractivity contribution in [2.24, 2.45) is 23.5 Å². The number of aromatic nitrogens is 1. The minimum Gasteiger partial charge on any atom is -0.460 e. The van der Waals surface area contributed by atoms with Crippen LogP contribution in [0.3, 0.4) is 0 Å². The highest BCUT2D eigenvalue weighted by atomic mass is 19.1. The number of ether oxygens (including phenoxy) is 1. The van der Waals surface area contributed by atoms with E-state index in [9.17, 15) is 18.8 Å². The van der Waals surface area contributed by atoms with Gasteiger partial charge < -0.3 is 15.8 Å². The average Bonchev–Trinajstić information content (AvgIpc) is 2.87. The predicted octanol–water partition coefficient (Wildman–Crippen LogP) is 4.80. The number of nitrogens with zero attached hydrogens (tertiary/aromatic N) is 1. The zero-order chi connectivity index (χ0) is 28.3. The highest BCUT2D eigenvalue weighted by molar-refractivity contribution is 5.98. The van der Waals surface area contributed by atoms with Gasteiger partial charge in [-0.05, 0) is 79.4 Å². The first-order chi connectivity index (χ1) is 18.6. The minimum atomic E-state index is -0.486. The first-order valence-corrected chi connectivity index (χ1v) is 13.8. The number of carbonyl (C=O) groups is 3. The molecule has 1 aliphatic heterocycles. The summed E-state index contributed by atoms with van der Waals surface area (Å²) in [5.74, 6) is -1.13. The Morgan fingerprint density at radius 3 is 2.62 bits per heavy atom. The van der Waals surface area contributed by atoms with E-state index in [0.29, 0.717) is 34.7 Å². The van der Waals surface area contributed by atoms with E-state index in [-0.39, 0.29) is 43.3 Å². The van der Waals surface area contributed by atoms with Gasteiger partial charge in [0.05, 0.1) is 23.7 Å². The van der Waals surface area contributed by atoms with Crippen molar-refractivity contribution in [2.75, 3.05) is 13.2 Å². The number of ketones is 1. The fourth-order valence-corrected chi connectivity index (χ4v) is 5.48. The van der Waals surface area contributed by atoms with E-state index >= 15 is 0 Å². The smallest absolute Gasteiger partial charge is 0.314 e. The molecule has 208 valence electrons. The normalized spacial score (nSPS) is 19.1. The van der Waals surface area contributed by atoms with Crippen molar-refractivity contribution in [3.63, 3.8) is 0 Å². The lowest BCUT2D eigenvalue weighted by molar-refractivity contribution is -0.150. The Labute approximate surface area is 229 Å². The first kappa shape index (κ1) is 28.6. The number of hydrogen-bond donors (Lipinski definition) is 2. The molecule has 2 aliphatic rings. The molecular weight excluding hydrogens is 497 g/mol. The van der Waals surface area contributed by atoms with E-state index in [2.05, 4.69) is 19.2 Å². The van der Waals surface area contributed by atoms with Gasteiger partial charge in [-0.25, -0.2) is 9.37 Å². The maximum Gasteiger partial charge on any atom is 0.314 e. The monoisotopic (exact) mass is 535 g/mol. The van der Waals surface area contributed by atoms with Crippen molar-refractivity contribution in [1.29, 1.82) is 0 Å². The van der Waals surface area contributed by atoms with Crippen molar-refractivity contribution in [2.45, 2.75) is 66.3 Å². The standard InChI is InChI=1S/C31H38FN3O4/c1-5-17(2)11-24-25(15-34-28(37)14-33)22-10-9-21(32)13-27(22)35-30(24)18(3)12-23-26(19(4)36)16-39-31(38)29(23)20-7-6-8-20/h9-10,12-13,17,20,29H,5-8,11,14-16,33H2,1-4H3,(H,34,37)/b18-12+. The minimum absolute atomic E-state index is 0.0387. The number of nitrogens with two attached hydrogens (primary N) is 1. The second-order valence-electron chi connectivity index (χ2n) is 10.9. The number of carbonyl (C=O) groups excluding carboxylic acids is 3. The van der Waals surface area contributed by atoms with E-state index in [1.165, 1.54) is 19.1 Å². The molecule has 2 atom stereocenters. The molecule has 2 unspecified atom stereocenters. The van der Waals surface area contributed by atoms with Crippen LogP contribution in [0.1, 0.15) is 70.2 Å². The molecule has 0 radical (unpaired) electrons. The van der Waals surface area contributed by atoms with Crippen LogP contribution in [0, 0.1) is 23.6 Å². The molecule has 1 aliphatic carbocycles. The van der Waals surface area contributed by atoms with E-state index in [1.807, 2.05) is 13.0 Å². The van der Waals surface area contributed by atoms with Crippen LogP contribution < -0.4 is 11.1 Å². The maximum absolute atomic E-state index is 14.3. The molecule has 0 saturated heterocycles. The fourth-order valence-electron chi connectivity index (χ4n) is 5.48. The molecule has 2 aromatic rings. The van der Waals surface area contributed by atoms with Crippen LogP contribution in [0.25, 0.3) is 16.5 Å². The zero-order valence-electron chi connectivity index (χ0n) is 23.2. The number of halogens is 1. The van der Waals surface area contributed by atoms with Crippen LogP contribution in [0.5, 0.6) is 0 Å². The quantitative estimate of drug-likeness (QED) is 0.423. The van der Waals surface area contributed by atoms with Crippen molar-refractivity contribution >= 4 is 34.1 Å². The number of cyclic esters (lactones) is 1. The third-order valence-electron chi connectivity index (χ3n) is 8.15. The fraction of sp³-hybridized carbons (Fsp3) is 0.484. The van der Waals surface area contributed by atoms with Gasteiger partial charge in [0, 0.05) is 23.6 Å². The number of fused-ring (bicyclic) bond motifs is 1. The predicted molar refractivity (Wildman–Crippen MR) is 149 cm³/mol. The Morgan fingerprint density at radius 1 is 1.26 bits per heavy atom. The summed E-state index contributed by atoms with van der Waals surface area (Å²) in [4.78, 5) is 42.6. The number of rotatable bonds is 10. The van der Waals surface area contributed by atoms with Gasteiger partial charge in [-0.3, -0.25) is 14.4 Å². The van der Waals surface area contributed by atoms with Gasteiger partial charge in [0.1, 0.15) is 12.4 Å². The molecule has 1 saturated carbocycles. The third kappa shape index (κ3) is 6.11. The van der Waals surface area contributed by atoms with Gasteiger partial charge in [-0.1, -0.05) is 32.8 Å². The average molecular weight is 536 g/mol.